The molecule has 1 aliphatic carbocycles. The van der Waals surface area contributed by atoms with E-state index >= 15 is 0 Å². The maximum Gasteiger partial charge on any atom is 0.120 e. The number of rotatable bonds is 8. The number of ether oxygens (including phenoxy) is 2. The lowest BCUT2D eigenvalue weighted by Crippen LogP contribution is -2.63. The quantitative estimate of drug-likeness (QED) is 0.784. The summed E-state index contributed by atoms with van der Waals surface area (Å²) in [6.45, 7) is 7.42. The van der Waals surface area contributed by atoms with Crippen molar-refractivity contribution in [2.45, 2.75) is 58.6 Å². The molecule has 3 heteroatoms. The second kappa shape index (κ2) is 7.17. The van der Waals surface area contributed by atoms with Gasteiger partial charge in [-0.25, -0.2) is 0 Å². The molecule has 0 heterocycles. The van der Waals surface area contributed by atoms with Crippen molar-refractivity contribution in [1.29, 1.82) is 0 Å². The normalized spacial score (nSPS) is 23.4. The molecule has 0 radical (unpaired) electrons. The first-order chi connectivity index (χ1) is 10.2. The van der Waals surface area contributed by atoms with Crippen molar-refractivity contribution in [2.24, 2.45) is 5.41 Å². The highest BCUT2D eigenvalue weighted by Gasteiger charge is 2.53. The summed E-state index contributed by atoms with van der Waals surface area (Å²) in [5, 5.41) is 3.44. The molecular weight excluding hydrogens is 262 g/mol. The zero-order valence-corrected chi connectivity index (χ0v) is 13.8. The standard InChI is InChI=1S/C18H29NO2/c1-5-12-20-14-8-10-15(11-9-14)21-17-13-16(19-4)18(17,6-2)7-3/h8-11,16-17,19H,5-7,12-13H2,1-4H3. The van der Waals surface area contributed by atoms with Crippen molar-refractivity contribution >= 4 is 0 Å². The van der Waals surface area contributed by atoms with Crippen LogP contribution in [0.1, 0.15) is 46.5 Å². The molecule has 0 saturated heterocycles. The number of hydrogen-bond donors (Lipinski definition) is 1. The molecule has 2 unspecified atom stereocenters. The zero-order chi connectivity index (χ0) is 15.3. The predicted molar refractivity (Wildman–Crippen MR) is 87.1 cm³/mol. The van der Waals surface area contributed by atoms with Gasteiger partial charge in [-0.2, -0.15) is 0 Å². The van der Waals surface area contributed by atoms with Gasteiger partial charge < -0.3 is 14.8 Å². The molecule has 1 N–H and O–H groups in total. The number of benzene rings is 1. The summed E-state index contributed by atoms with van der Waals surface area (Å²) in [6, 6.07) is 8.61. The fraction of sp³-hybridized carbons (Fsp3) is 0.667. The van der Waals surface area contributed by atoms with Crippen LogP contribution < -0.4 is 14.8 Å². The Bertz CT molecular complexity index is 425. The third-order valence-electron chi connectivity index (χ3n) is 5.02. The van der Waals surface area contributed by atoms with E-state index in [4.69, 9.17) is 9.47 Å². The minimum atomic E-state index is 0.270. The molecule has 0 spiro atoms. The van der Waals surface area contributed by atoms with E-state index in [9.17, 15) is 0 Å². The van der Waals surface area contributed by atoms with Gasteiger partial charge in [0.25, 0.3) is 0 Å². The predicted octanol–water partition coefficient (Wildman–Crippen LogP) is 4.02. The van der Waals surface area contributed by atoms with Crippen molar-refractivity contribution in [1.82, 2.24) is 5.32 Å². The molecule has 118 valence electrons. The highest BCUT2D eigenvalue weighted by molar-refractivity contribution is 5.32. The fourth-order valence-corrected chi connectivity index (χ4v) is 3.51. The molecule has 21 heavy (non-hydrogen) atoms. The van der Waals surface area contributed by atoms with Gasteiger partial charge in [0.1, 0.15) is 17.6 Å². The molecule has 1 aromatic carbocycles. The summed E-state index contributed by atoms with van der Waals surface area (Å²) in [7, 11) is 2.06. The van der Waals surface area contributed by atoms with E-state index in [1.54, 1.807) is 0 Å². The fourth-order valence-electron chi connectivity index (χ4n) is 3.51. The van der Waals surface area contributed by atoms with E-state index in [0.29, 0.717) is 12.1 Å². The smallest absolute Gasteiger partial charge is 0.120 e. The Balaban J connectivity index is 1.98. The van der Waals surface area contributed by atoms with Gasteiger partial charge in [0, 0.05) is 17.9 Å². The molecule has 0 aliphatic heterocycles. The summed E-state index contributed by atoms with van der Waals surface area (Å²) in [6.07, 6.45) is 4.73. The molecule has 0 bridgehead atoms. The monoisotopic (exact) mass is 291 g/mol. The Labute approximate surface area is 129 Å². The van der Waals surface area contributed by atoms with Crippen LogP contribution in [-0.2, 0) is 0 Å². The largest absolute Gasteiger partial charge is 0.494 e. The average molecular weight is 291 g/mol. The Kier molecular flexibility index (Phi) is 5.51. The molecule has 2 atom stereocenters. The molecule has 3 nitrogen and oxygen atoms in total. The SMILES string of the molecule is CCCOc1ccc(OC2CC(NC)C2(CC)CC)cc1. The van der Waals surface area contributed by atoms with E-state index in [2.05, 4.69) is 33.1 Å². The minimum Gasteiger partial charge on any atom is -0.494 e. The Morgan fingerprint density at radius 2 is 1.71 bits per heavy atom. The van der Waals surface area contributed by atoms with Gasteiger partial charge in [0.2, 0.25) is 0 Å². The second-order valence-electron chi connectivity index (χ2n) is 5.94. The van der Waals surface area contributed by atoms with Gasteiger partial charge in [-0.05, 0) is 50.6 Å². The third-order valence-corrected chi connectivity index (χ3v) is 5.02. The van der Waals surface area contributed by atoms with E-state index < -0.39 is 0 Å². The molecule has 1 aromatic rings. The molecule has 0 amide bonds. The van der Waals surface area contributed by atoms with E-state index in [1.807, 2.05) is 24.3 Å². The summed E-state index contributed by atoms with van der Waals surface area (Å²) in [5.74, 6) is 1.87. The van der Waals surface area contributed by atoms with Crippen LogP contribution in [0.15, 0.2) is 24.3 Å². The van der Waals surface area contributed by atoms with E-state index in [-0.39, 0.29) is 5.41 Å². The molecule has 1 aliphatic rings. The van der Waals surface area contributed by atoms with E-state index in [0.717, 1.165) is 43.8 Å². The zero-order valence-electron chi connectivity index (χ0n) is 13.8. The van der Waals surface area contributed by atoms with Crippen LogP contribution in [0, 0.1) is 5.41 Å². The molecule has 2 rings (SSSR count). The summed E-state index contributed by atoms with van der Waals surface area (Å²) < 4.78 is 11.9. The lowest BCUT2D eigenvalue weighted by Gasteiger charge is -2.55. The molecule has 1 saturated carbocycles. The lowest BCUT2D eigenvalue weighted by atomic mass is 9.58. The van der Waals surface area contributed by atoms with Crippen molar-refractivity contribution in [3.8, 4) is 11.5 Å². The minimum absolute atomic E-state index is 0.270. The van der Waals surface area contributed by atoms with Crippen LogP contribution in [0.3, 0.4) is 0 Å². The van der Waals surface area contributed by atoms with Gasteiger partial charge in [0.05, 0.1) is 6.61 Å². The topological polar surface area (TPSA) is 30.5 Å². The Morgan fingerprint density at radius 1 is 1.10 bits per heavy atom. The van der Waals surface area contributed by atoms with Crippen LogP contribution in [-0.4, -0.2) is 25.8 Å². The number of nitrogens with one attached hydrogen (secondary N) is 1. The first-order valence-electron chi connectivity index (χ1n) is 8.26. The summed E-state index contributed by atoms with van der Waals surface area (Å²) in [5.41, 5.74) is 0.270. The van der Waals surface area contributed by atoms with Crippen molar-refractivity contribution in [3.63, 3.8) is 0 Å². The summed E-state index contributed by atoms with van der Waals surface area (Å²) in [4.78, 5) is 0. The van der Waals surface area contributed by atoms with Crippen LogP contribution in [0.25, 0.3) is 0 Å². The third kappa shape index (κ3) is 3.18. The van der Waals surface area contributed by atoms with Gasteiger partial charge in [-0.15, -0.1) is 0 Å². The van der Waals surface area contributed by atoms with Crippen LogP contribution in [0.2, 0.25) is 0 Å². The van der Waals surface area contributed by atoms with Crippen molar-refractivity contribution in [3.05, 3.63) is 24.3 Å². The Morgan fingerprint density at radius 3 is 2.24 bits per heavy atom. The van der Waals surface area contributed by atoms with Gasteiger partial charge in [0.15, 0.2) is 0 Å². The highest BCUT2D eigenvalue weighted by atomic mass is 16.5. The molecule has 1 fully saturated rings. The van der Waals surface area contributed by atoms with Crippen LogP contribution >= 0.6 is 0 Å². The van der Waals surface area contributed by atoms with Crippen molar-refractivity contribution in [2.75, 3.05) is 13.7 Å². The van der Waals surface area contributed by atoms with Crippen LogP contribution in [0.5, 0.6) is 11.5 Å². The van der Waals surface area contributed by atoms with Gasteiger partial charge >= 0.3 is 0 Å². The highest BCUT2D eigenvalue weighted by Crippen LogP contribution is 2.48. The number of hydrogen-bond acceptors (Lipinski definition) is 3. The van der Waals surface area contributed by atoms with Gasteiger partial charge in [-0.1, -0.05) is 20.8 Å². The second-order valence-corrected chi connectivity index (χ2v) is 5.94. The van der Waals surface area contributed by atoms with Crippen LogP contribution in [0.4, 0.5) is 0 Å². The molecule has 0 aromatic heterocycles. The maximum atomic E-state index is 6.24. The average Bonchev–Trinajstić information content (AvgIpc) is 2.51. The van der Waals surface area contributed by atoms with Crippen molar-refractivity contribution < 1.29 is 9.47 Å². The van der Waals surface area contributed by atoms with Gasteiger partial charge in [-0.3, -0.25) is 0 Å². The Hall–Kier alpha value is -1.22. The summed E-state index contributed by atoms with van der Waals surface area (Å²) >= 11 is 0. The maximum absolute atomic E-state index is 6.24. The first-order valence-corrected chi connectivity index (χ1v) is 8.26. The first kappa shape index (κ1) is 16.2. The van der Waals surface area contributed by atoms with E-state index in [1.165, 1.54) is 0 Å². The molecular formula is C18H29NO2. The lowest BCUT2D eigenvalue weighted by molar-refractivity contribution is -0.0835.